The number of H-pyrrole nitrogens is 2. The summed E-state index contributed by atoms with van der Waals surface area (Å²) in [5.74, 6) is 0. The fourth-order valence-corrected chi connectivity index (χ4v) is 0.430. The first-order valence-electron chi connectivity index (χ1n) is 4.85. The Bertz CT molecular complexity index is 151. The van der Waals surface area contributed by atoms with E-state index >= 15 is 0 Å². The monoisotopic (exact) mass is 196 g/mol. The molecule has 0 bridgehead atoms. The molecule has 0 atom stereocenters. The number of rotatable bonds is 0. The van der Waals surface area contributed by atoms with Crippen LogP contribution >= 0.6 is 0 Å². The average molecular weight is 196 g/mol. The largest absolute Gasteiger partial charge is 0.351 e. The molecule has 0 unspecified atom stereocenters. The number of aromatic nitrogens is 4. The van der Waals surface area contributed by atoms with Crippen LogP contribution in [0.4, 0.5) is 0 Å². The van der Waals surface area contributed by atoms with E-state index in [1.165, 1.54) is 0 Å². The van der Waals surface area contributed by atoms with E-state index in [0.29, 0.717) is 0 Å². The van der Waals surface area contributed by atoms with Crippen LogP contribution in [0.15, 0.2) is 37.4 Å². The summed E-state index contributed by atoms with van der Waals surface area (Å²) in [6.45, 7) is 8.00. The van der Waals surface area contributed by atoms with Crippen molar-refractivity contribution >= 4 is 0 Å². The molecule has 0 aliphatic carbocycles. The normalized spacial score (nSPS) is 6.57. The molecule has 2 heterocycles. The van der Waals surface area contributed by atoms with Crippen LogP contribution in [-0.4, -0.2) is 19.9 Å². The van der Waals surface area contributed by atoms with Crippen molar-refractivity contribution in [2.24, 2.45) is 0 Å². The molecule has 0 aromatic carbocycles. The predicted octanol–water partition coefficient (Wildman–Crippen LogP) is 2.87. The molecule has 0 aliphatic heterocycles. The van der Waals surface area contributed by atoms with E-state index in [1.54, 1.807) is 37.4 Å². The zero-order valence-electron chi connectivity index (χ0n) is 9.36. The van der Waals surface area contributed by atoms with Crippen molar-refractivity contribution in [3.8, 4) is 0 Å². The molecule has 4 heteroatoms. The first kappa shape index (κ1) is 14.9. The van der Waals surface area contributed by atoms with Gasteiger partial charge in [-0.05, 0) is 0 Å². The summed E-state index contributed by atoms with van der Waals surface area (Å²) in [6.07, 6.45) is 10.2. The maximum Gasteiger partial charge on any atom is 0.0919 e. The van der Waals surface area contributed by atoms with Gasteiger partial charge in [0.2, 0.25) is 0 Å². The molecule has 80 valence electrons. The molecule has 2 N–H and O–H groups in total. The Morgan fingerprint density at radius 2 is 1.07 bits per heavy atom. The Labute approximate surface area is 85.8 Å². The minimum Gasteiger partial charge on any atom is -0.351 e. The van der Waals surface area contributed by atoms with Gasteiger partial charge in [-0.1, -0.05) is 27.7 Å². The van der Waals surface area contributed by atoms with E-state index in [2.05, 4.69) is 19.9 Å². The molecular formula is C10H20N4. The van der Waals surface area contributed by atoms with Crippen molar-refractivity contribution in [1.29, 1.82) is 0 Å². The molecule has 0 saturated heterocycles. The summed E-state index contributed by atoms with van der Waals surface area (Å²) < 4.78 is 0. The highest BCUT2D eigenvalue weighted by Gasteiger charge is 1.56. The summed E-state index contributed by atoms with van der Waals surface area (Å²) in [5.41, 5.74) is 0. The van der Waals surface area contributed by atoms with Crippen LogP contribution in [0, 0.1) is 0 Å². The van der Waals surface area contributed by atoms with Crippen LogP contribution in [0.3, 0.4) is 0 Å². The van der Waals surface area contributed by atoms with Crippen molar-refractivity contribution in [3.63, 3.8) is 0 Å². The highest BCUT2D eigenvalue weighted by Crippen LogP contribution is 1.63. The van der Waals surface area contributed by atoms with Crippen LogP contribution < -0.4 is 0 Å². The number of nitrogens with zero attached hydrogens (tertiary/aromatic N) is 2. The lowest BCUT2D eigenvalue weighted by Crippen LogP contribution is -1.44. The van der Waals surface area contributed by atoms with Crippen molar-refractivity contribution in [1.82, 2.24) is 19.9 Å². The summed E-state index contributed by atoms with van der Waals surface area (Å²) in [5, 5.41) is 0. The van der Waals surface area contributed by atoms with Gasteiger partial charge in [0.05, 0.1) is 12.7 Å². The smallest absolute Gasteiger partial charge is 0.0919 e. The first-order chi connectivity index (χ1) is 7.00. The Hall–Kier alpha value is -1.58. The minimum atomic E-state index is 1.62. The van der Waals surface area contributed by atoms with Crippen molar-refractivity contribution in [3.05, 3.63) is 37.4 Å². The van der Waals surface area contributed by atoms with Gasteiger partial charge < -0.3 is 9.97 Å². The van der Waals surface area contributed by atoms with Gasteiger partial charge in [0.25, 0.3) is 0 Å². The molecule has 0 amide bonds. The van der Waals surface area contributed by atoms with Crippen LogP contribution in [0.25, 0.3) is 0 Å². The lowest BCUT2D eigenvalue weighted by molar-refractivity contribution is 1.31. The van der Waals surface area contributed by atoms with Gasteiger partial charge in [0.15, 0.2) is 0 Å². The van der Waals surface area contributed by atoms with Crippen LogP contribution in [0.5, 0.6) is 0 Å². The molecule has 2 aromatic rings. The Balaban J connectivity index is 0. The van der Waals surface area contributed by atoms with E-state index in [0.717, 1.165) is 0 Å². The standard InChI is InChI=1S/2C3H4N2.2C2H6/c2*1-2-5-3-4-1;2*1-2/h2*1-3H,(H,4,5);2*1-2H3. The van der Waals surface area contributed by atoms with E-state index in [-0.39, 0.29) is 0 Å². The molecule has 0 spiro atoms. The third-order valence-corrected chi connectivity index (χ3v) is 0.812. The number of imidazole rings is 2. The second kappa shape index (κ2) is 17.5. The summed E-state index contributed by atoms with van der Waals surface area (Å²) in [4.78, 5) is 12.8. The quantitative estimate of drug-likeness (QED) is 0.680. The zero-order chi connectivity index (χ0) is 11.1. The average Bonchev–Trinajstić information content (AvgIpc) is 3.01. The molecule has 2 aromatic heterocycles. The Morgan fingerprint density at radius 1 is 0.714 bits per heavy atom. The number of nitrogens with one attached hydrogen (secondary N) is 2. The van der Waals surface area contributed by atoms with Crippen molar-refractivity contribution in [2.45, 2.75) is 27.7 Å². The van der Waals surface area contributed by atoms with Crippen LogP contribution in [0.2, 0.25) is 0 Å². The van der Waals surface area contributed by atoms with E-state index in [4.69, 9.17) is 0 Å². The summed E-state index contributed by atoms with van der Waals surface area (Å²) in [6, 6.07) is 0. The third-order valence-electron chi connectivity index (χ3n) is 0.812. The highest BCUT2D eigenvalue weighted by molar-refractivity contribution is 4.65. The Morgan fingerprint density at radius 3 is 1.14 bits per heavy atom. The molecule has 0 fully saturated rings. The second-order valence-corrected chi connectivity index (χ2v) is 1.52. The Kier molecular flexibility index (Phi) is 18.6. The molecule has 0 saturated carbocycles. The van der Waals surface area contributed by atoms with Gasteiger partial charge >= 0.3 is 0 Å². The van der Waals surface area contributed by atoms with Gasteiger partial charge in [-0.25, -0.2) is 9.97 Å². The fraction of sp³-hybridized carbons (Fsp3) is 0.400. The molecule has 14 heavy (non-hydrogen) atoms. The zero-order valence-corrected chi connectivity index (χ0v) is 9.36. The molecule has 4 nitrogen and oxygen atoms in total. The maximum atomic E-state index is 3.67. The number of hydrogen-bond donors (Lipinski definition) is 2. The molecule has 0 aliphatic rings. The van der Waals surface area contributed by atoms with Crippen molar-refractivity contribution in [2.75, 3.05) is 0 Å². The van der Waals surface area contributed by atoms with Gasteiger partial charge in [0, 0.05) is 24.8 Å². The first-order valence-corrected chi connectivity index (χ1v) is 4.85. The van der Waals surface area contributed by atoms with Crippen LogP contribution in [-0.2, 0) is 0 Å². The van der Waals surface area contributed by atoms with Crippen LogP contribution in [0.1, 0.15) is 27.7 Å². The molecule has 0 radical (unpaired) electrons. The number of aromatic amines is 2. The lowest BCUT2D eigenvalue weighted by Gasteiger charge is -1.46. The predicted molar refractivity (Wildman–Crippen MR) is 59.9 cm³/mol. The number of hydrogen-bond acceptors (Lipinski definition) is 2. The van der Waals surface area contributed by atoms with E-state index in [9.17, 15) is 0 Å². The lowest BCUT2D eigenvalue weighted by atomic mass is 11.0. The van der Waals surface area contributed by atoms with Gasteiger partial charge in [-0.2, -0.15) is 0 Å². The second-order valence-electron chi connectivity index (χ2n) is 1.52. The van der Waals surface area contributed by atoms with Gasteiger partial charge in [-0.3, -0.25) is 0 Å². The van der Waals surface area contributed by atoms with E-state index in [1.807, 2.05) is 27.7 Å². The third kappa shape index (κ3) is 13.0. The van der Waals surface area contributed by atoms with E-state index < -0.39 is 0 Å². The maximum absolute atomic E-state index is 3.67. The van der Waals surface area contributed by atoms with Crippen molar-refractivity contribution < 1.29 is 0 Å². The molecule has 2 rings (SSSR count). The fourth-order valence-electron chi connectivity index (χ4n) is 0.430. The topological polar surface area (TPSA) is 57.4 Å². The molecular weight excluding hydrogens is 176 g/mol. The highest BCUT2D eigenvalue weighted by atomic mass is 14.8. The van der Waals surface area contributed by atoms with Gasteiger partial charge in [-0.15, -0.1) is 0 Å². The summed E-state index contributed by atoms with van der Waals surface area (Å²) in [7, 11) is 0. The van der Waals surface area contributed by atoms with Gasteiger partial charge in [0.1, 0.15) is 0 Å². The summed E-state index contributed by atoms with van der Waals surface area (Å²) >= 11 is 0. The SMILES string of the molecule is CC.CC.c1c[nH]cn1.c1c[nH]cn1. The minimum absolute atomic E-state index is 1.62.